The van der Waals surface area contributed by atoms with E-state index >= 15 is 0 Å². The van der Waals surface area contributed by atoms with Gasteiger partial charge in [0, 0.05) is 23.8 Å². The molecule has 0 saturated carbocycles. The molecular weight excluding hydrogens is 419 g/mol. The Kier molecular flexibility index (Phi) is 7.47. The van der Waals surface area contributed by atoms with Crippen LogP contribution in [0.1, 0.15) is 63.3 Å². The van der Waals surface area contributed by atoms with E-state index < -0.39 is 18.8 Å². The first-order valence-electron chi connectivity index (χ1n) is 11.4. The van der Waals surface area contributed by atoms with Gasteiger partial charge in [-0.2, -0.15) is 13.2 Å². The van der Waals surface area contributed by atoms with E-state index in [-0.39, 0.29) is 23.4 Å². The second-order valence-corrected chi connectivity index (χ2v) is 9.36. The molecule has 1 saturated heterocycles. The SMILES string of the molecule is CCCC1(CCNC(O)c2ccc(O)c(C)c2)C2CC=C(CC(F)(F)F)N2CC(C)N1C. The first-order chi connectivity index (χ1) is 15.0. The van der Waals surface area contributed by atoms with Crippen LogP contribution in [-0.2, 0) is 0 Å². The third-order valence-corrected chi connectivity index (χ3v) is 7.26. The minimum Gasteiger partial charge on any atom is -0.508 e. The number of phenolic OH excluding ortho intramolecular Hbond substituents is 1. The van der Waals surface area contributed by atoms with Gasteiger partial charge in [-0.15, -0.1) is 0 Å². The number of aliphatic hydroxyl groups is 1. The summed E-state index contributed by atoms with van der Waals surface area (Å²) in [6, 6.07) is 5.11. The van der Waals surface area contributed by atoms with Crippen LogP contribution in [0, 0.1) is 6.92 Å². The van der Waals surface area contributed by atoms with E-state index in [1.165, 1.54) is 0 Å². The van der Waals surface area contributed by atoms with E-state index in [9.17, 15) is 23.4 Å². The molecule has 0 radical (unpaired) electrons. The Morgan fingerprint density at radius 3 is 2.62 bits per heavy atom. The van der Waals surface area contributed by atoms with Crippen LogP contribution in [0.4, 0.5) is 13.2 Å². The Balaban J connectivity index is 1.75. The van der Waals surface area contributed by atoms with Crippen LogP contribution in [-0.4, -0.2) is 63.9 Å². The van der Waals surface area contributed by atoms with E-state index in [2.05, 4.69) is 31.1 Å². The molecule has 4 unspecified atom stereocenters. The maximum absolute atomic E-state index is 13.2. The molecule has 0 bridgehead atoms. The normalized spacial score (nSPS) is 27.4. The summed E-state index contributed by atoms with van der Waals surface area (Å²) in [6.45, 7) is 7.08. The number of hydrogen-bond acceptors (Lipinski definition) is 5. The van der Waals surface area contributed by atoms with Crippen LogP contribution in [0.2, 0.25) is 0 Å². The van der Waals surface area contributed by atoms with Crippen molar-refractivity contribution >= 4 is 0 Å². The van der Waals surface area contributed by atoms with Crippen molar-refractivity contribution in [2.45, 2.75) is 82.9 Å². The van der Waals surface area contributed by atoms with Crippen molar-refractivity contribution < 1.29 is 23.4 Å². The molecule has 1 fully saturated rings. The van der Waals surface area contributed by atoms with Crippen LogP contribution in [0.15, 0.2) is 30.0 Å². The molecule has 4 atom stereocenters. The van der Waals surface area contributed by atoms with Crippen molar-refractivity contribution in [2.24, 2.45) is 0 Å². The number of hydrogen-bond donors (Lipinski definition) is 3. The number of nitrogens with zero attached hydrogens (tertiary/aromatic N) is 2. The van der Waals surface area contributed by atoms with Crippen molar-refractivity contribution in [1.29, 1.82) is 0 Å². The topological polar surface area (TPSA) is 59.0 Å². The van der Waals surface area contributed by atoms with E-state index in [0.717, 1.165) is 12.8 Å². The monoisotopic (exact) mass is 455 g/mol. The van der Waals surface area contributed by atoms with Crippen LogP contribution in [0.25, 0.3) is 0 Å². The zero-order chi connectivity index (χ0) is 23.7. The summed E-state index contributed by atoms with van der Waals surface area (Å²) in [7, 11) is 2.08. The fourth-order valence-electron chi connectivity index (χ4n) is 5.54. The fourth-order valence-corrected chi connectivity index (χ4v) is 5.54. The molecule has 8 heteroatoms. The number of likely N-dealkylation sites (N-methyl/N-ethyl adjacent to an activating group) is 1. The highest BCUT2D eigenvalue weighted by Gasteiger charge is 2.52. The minimum absolute atomic E-state index is 0.00383. The molecular formula is C24H36F3N3O2. The molecule has 0 aromatic heterocycles. The Hall–Kier alpha value is -1.77. The molecule has 32 heavy (non-hydrogen) atoms. The van der Waals surface area contributed by atoms with Gasteiger partial charge in [-0.1, -0.05) is 25.5 Å². The van der Waals surface area contributed by atoms with E-state index in [0.29, 0.717) is 42.8 Å². The molecule has 1 aromatic rings. The highest BCUT2D eigenvalue weighted by Crippen LogP contribution is 2.45. The second kappa shape index (κ2) is 9.61. The lowest BCUT2D eigenvalue weighted by Crippen LogP contribution is -2.68. The Morgan fingerprint density at radius 2 is 2.00 bits per heavy atom. The van der Waals surface area contributed by atoms with Gasteiger partial charge in [-0.05, 0) is 70.0 Å². The first-order valence-corrected chi connectivity index (χ1v) is 11.4. The number of piperazine rings is 1. The molecule has 5 nitrogen and oxygen atoms in total. The number of aryl methyl sites for hydroxylation is 1. The lowest BCUT2D eigenvalue weighted by atomic mass is 9.76. The molecule has 0 amide bonds. The van der Waals surface area contributed by atoms with E-state index in [1.807, 2.05) is 4.90 Å². The summed E-state index contributed by atoms with van der Waals surface area (Å²) in [5.74, 6) is 0.184. The van der Waals surface area contributed by atoms with Crippen molar-refractivity contribution in [3.8, 4) is 5.75 Å². The highest BCUT2D eigenvalue weighted by molar-refractivity contribution is 5.35. The lowest BCUT2D eigenvalue weighted by molar-refractivity contribution is -0.134. The number of aromatic hydroxyl groups is 1. The van der Waals surface area contributed by atoms with Gasteiger partial charge >= 0.3 is 6.18 Å². The molecule has 3 rings (SSSR count). The van der Waals surface area contributed by atoms with Crippen LogP contribution >= 0.6 is 0 Å². The number of halogens is 3. The molecule has 2 aliphatic heterocycles. The van der Waals surface area contributed by atoms with Gasteiger partial charge in [0.25, 0.3) is 0 Å². The van der Waals surface area contributed by atoms with Crippen molar-refractivity contribution in [1.82, 2.24) is 15.1 Å². The largest absolute Gasteiger partial charge is 0.508 e. The maximum atomic E-state index is 13.2. The highest BCUT2D eigenvalue weighted by atomic mass is 19.4. The number of phenols is 1. The van der Waals surface area contributed by atoms with Gasteiger partial charge in [0.1, 0.15) is 12.0 Å². The first kappa shape index (κ1) is 24.9. The smallest absolute Gasteiger partial charge is 0.394 e. The van der Waals surface area contributed by atoms with E-state index in [4.69, 9.17) is 0 Å². The number of rotatable bonds is 8. The summed E-state index contributed by atoms with van der Waals surface area (Å²) in [5.41, 5.74) is 1.48. The molecule has 2 heterocycles. The average molecular weight is 456 g/mol. The van der Waals surface area contributed by atoms with Gasteiger partial charge in [0.05, 0.1) is 12.5 Å². The third-order valence-electron chi connectivity index (χ3n) is 7.26. The zero-order valence-electron chi connectivity index (χ0n) is 19.4. The third kappa shape index (κ3) is 5.07. The Bertz CT molecular complexity index is 829. The molecule has 2 aliphatic rings. The maximum Gasteiger partial charge on any atom is 0.394 e. The van der Waals surface area contributed by atoms with E-state index in [1.54, 1.807) is 31.2 Å². The van der Waals surface area contributed by atoms with Crippen LogP contribution < -0.4 is 5.32 Å². The summed E-state index contributed by atoms with van der Waals surface area (Å²) in [4.78, 5) is 4.34. The van der Waals surface area contributed by atoms with Crippen molar-refractivity contribution in [3.05, 3.63) is 41.1 Å². The van der Waals surface area contributed by atoms with Crippen LogP contribution in [0.5, 0.6) is 5.75 Å². The number of nitrogens with one attached hydrogen (secondary N) is 1. The number of allylic oxidation sites excluding steroid dienone is 1. The summed E-state index contributed by atoms with van der Waals surface area (Å²) < 4.78 is 39.5. The predicted octanol–water partition coefficient (Wildman–Crippen LogP) is 4.45. The molecule has 0 spiro atoms. The zero-order valence-corrected chi connectivity index (χ0v) is 19.4. The summed E-state index contributed by atoms with van der Waals surface area (Å²) in [6.07, 6.45) is -1.07. The Labute approximate surface area is 188 Å². The van der Waals surface area contributed by atoms with Crippen LogP contribution in [0.3, 0.4) is 0 Å². The molecule has 3 N–H and O–H groups in total. The van der Waals surface area contributed by atoms with Gasteiger partial charge in [-0.25, -0.2) is 0 Å². The minimum atomic E-state index is -4.21. The molecule has 0 aliphatic carbocycles. The average Bonchev–Trinajstić information content (AvgIpc) is 3.09. The predicted molar refractivity (Wildman–Crippen MR) is 119 cm³/mol. The van der Waals surface area contributed by atoms with Gasteiger partial charge in [0.15, 0.2) is 0 Å². The molecule has 1 aromatic carbocycles. The quantitative estimate of drug-likeness (QED) is 0.506. The number of aliphatic hydroxyl groups excluding tert-OH is 1. The summed E-state index contributed by atoms with van der Waals surface area (Å²) in [5, 5.41) is 23.5. The number of benzene rings is 1. The fraction of sp³-hybridized carbons (Fsp3) is 0.667. The second-order valence-electron chi connectivity index (χ2n) is 9.36. The van der Waals surface area contributed by atoms with Gasteiger partial charge in [0.2, 0.25) is 0 Å². The lowest BCUT2D eigenvalue weighted by Gasteiger charge is -2.58. The standard InChI is InChI=1S/C24H36F3N3O2/c1-5-10-23(11-12-28-22(32)18-6-8-20(31)16(2)13-18)21-9-7-19(14-24(25,26)27)30(21)15-17(3)29(23)4/h6-8,13,17,21-22,28,31-32H,5,9-12,14-15H2,1-4H3. The Morgan fingerprint density at radius 1 is 1.28 bits per heavy atom. The van der Waals surface area contributed by atoms with Gasteiger partial charge in [-0.3, -0.25) is 10.2 Å². The van der Waals surface area contributed by atoms with Crippen molar-refractivity contribution in [2.75, 3.05) is 20.1 Å². The van der Waals surface area contributed by atoms with Crippen molar-refractivity contribution in [3.63, 3.8) is 0 Å². The number of fused-ring (bicyclic) bond motifs is 1. The summed E-state index contributed by atoms with van der Waals surface area (Å²) >= 11 is 0. The number of alkyl halides is 3. The molecule has 180 valence electrons. The van der Waals surface area contributed by atoms with Gasteiger partial charge < -0.3 is 15.1 Å².